The van der Waals surface area contributed by atoms with Crippen LogP contribution in [0.2, 0.25) is 0 Å². The topological polar surface area (TPSA) is 24.5 Å². The molecule has 1 saturated heterocycles. The molecule has 0 bridgehead atoms. The fourth-order valence-electron chi connectivity index (χ4n) is 2.54. The SMILES string of the molecule is CCCNC(c1c(F)cccc1F)C1CN(C)CCO1. The third-order valence-electron chi connectivity index (χ3n) is 3.59. The first-order chi connectivity index (χ1) is 9.63. The zero-order valence-electron chi connectivity index (χ0n) is 12.0. The number of likely N-dealkylation sites (N-methyl/N-ethyl adjacent to an activating group) is 1. The molecule has 1 aromatic carbocycles. The Morgan fingerprint density at radius 1 is 1.40 bits per heavy atom. The first-order valence-electron chi connectivity index (χ1n) is 7.11. The quantitative estimate of drug-likeness (QED) is 0.898. The maximum Gasteiger partial charge on any atom is 0.131 e. The van der Waals surface area contributed by atoms with E-state index in [1.54, 1.807) is 0 Å². The van der Waals surface area contributed by atoms with Crippen molar-refractivity contribution in [1.29, 1.82) is 0 Å². The van der Waals surface area contributed by atoms with Gasteiger partial charge in [0.1, 0.15) is 11.6 Å². The van der Waals surface area contributed by atoms with Crippen molar-refractivity contribution in [3.63, 3.8) is 0 Å². The Morgan fingerprint density at radius 2 is 2.10 bits per heavy atom. The molecule has 0 aromatic heterocycles. The molecule has 2 unspecified atom stereocenters. The van der Waals surface area contributed by atoms with Crippen molar-refractivity contribution in [3.8, 4) is 0 Å². The Hall–Kier alpha value is -1.04. The average Bonchev–Trinajstić information content (AvgIpc) is 2.42. The zero-order chi connectivity index (χ0) is 14.5. The summed E-state index contributed by atoms with van der Waals surface area (Å²) in [7, 11) is 1.99. The molecule has 0 saturated carbocycles. The molecule has 2 rings (SSSR count). The van der Waals surface area contributed by atoms with E-state index in [1.807, 2.05) is 14.0 Å². The van der Waals surface area contributed by atoms with E-state index in [0.717, 1.165) is 13.0 Å². The van der Waals surface area contributed by atoms with Crippen LogP contribution in [-0.2, 0) is 4.74 Å². The van der Waals surface area contributed by atoms with Gasteiger partial charge in [0.05, 0.1) is 18.8 Å². The van der Waals surface area contributed by atoms with Gasteiger partial charge in [0.15, 0.2) is 0 Å². The molecule has 20 heavy (non-hydrogen) atoms. The van der Waals surface area contributed by atoms with Gasteiger partial charge in [0.25, 0.3) is 0 Å². The van der Waals surface area contributed by atoms with Crippen molar-refractivity contribution in [2.24, 2.45) is 0 Å². The van der Waals surface area contributed by atoms with E-state index in [0.29, 0.717) is 19.7 Å². The molecular weight excluding hydrogens is 262 g/mol. The van der Waals surface area contributed by atoms with Crippen LogP contribution in [0, 0.1) is 11.6 Å². The van der Waals surface area contributed by atoms with Crippen LogP contribution in [0.1, 0.15) is 24.9 Å². The molecule has 1 aliphatic rings. The molecule has 2 atom stereocenters. The van der Waals surface area contributed by atoms with E-state index >= 15 is 0 Å². The van der Waals surface area contributed by atoms with Gasteiger partial charge < -0.3 is 15.0 Å². The standard InChI is InChI=1S/C15H22F2N2O/c1-3-7-18-15(13-10-19(2)8-9-20-13)14-11(16)5-4-6-12(14)17/h4-6,13,15,18H,3,7-10H2,1-2H3. The summed E-state index contributed by atoms with van der Waals surface area (Å²) in [6.45, 7) is 4.81. The van der Waals surface area contributed by atoms with Crippen LogP contribution in [-0.4, -0.2) is 44.3 Å². The lowest BCUT2D eigenvalue weighted by Gasteiger charge is -2.36. The van der Waals surface area contributed by atoms with Gasteiger partial charge in [-0.05, 0) is 32.1 Å². The molecule has 1 heterocycles. The van der Waals surface area contributed by atoms with Crippen molar-refractivity contribution < 1.29 is 13.5 Å². The fourth-order valence-corrected chi connectivity index (χ4v) is 2.54. The van der Waals surface area contributed by atoms with Crippen LogP contribution >= 0.6 is 0 Å². The molecule has 1 fully saturated rings. The summed E-state index contributed by atoms with van der Waals surface area (Å²) in [4.78, 5) is 2.12. The Morgan fingerprint density at radius 3 is 2.70 bits per heavy atom. The second-order valence-corrected chi connectivity index (χ2v) is 5.24. The molecule has 1 aromatic rings. The van der Waals surface area contributed by atoms with Crippen LogP contribution in [0.4, 0.5) is 8.78 Å². The Labute approximate surface area is 118 Å². The molecule has 5 heteroatoms. The smallest absolute Gasteiger partial charge is 0.131 e. The van der Waals surface area contributed by atoms with Crippen LogP contribution in [0.15, 0.2) is 18.2 Å². The van der Waals surface area contributed by atoms with Crippen molar-refractivity contribution in [1.82, 2.24) is 10.2 Å². The van der Waals surface area contributed by atoms with E-state index in [1.165, 1.54) is 18.2 Å². The van der Waals surface area contributed by atoms with Gasteiger partial charge in [-0.2, -0.15) is 0 Å². The highest BCUT2D eigenvalue weighted by Gasteiger charge is 2.31. The predicted molar refractivity (Wildman–Crippen MR) is 74.6 cm³/mol. The average molecular weight is 284 g/mol. The lowest BCUT2D eigenvalue weighted by Crippen LogP contribution is -2.47. The minimum atomic E-state index is -0.518. The Bertz CT molecular complexity index is 422. The number of hydrogen-bond acceptors (Lipinski definition) is 3. The van der Waals surface area contributed by atoms with Gasteiger partial charge in [0.2, 0.25) is 0 Å². The summed E-state index contributed by atoms with van der Waals surface area (Å²) in [5.41, 5.74) is 0.0845. The number of ether oxygens (including phenoxy) is 1. The van der Waals surface area contributed by atoms with Gasteiger partial charge >= 0.3 is 0 Å². The fraction of sp³-hybridized carbons (Fsp3) is 0.600. The van der Waals surface area contributed by atoms with Gasteiger partial charge in [-0.3, -0.25) is 0 Å². The zero-order valence-corrected chi connectivity index (χ0v) is 12.0. The predicted octanol–water partition coefficient (Wildman–Crippen LogP) is 2.34. The largest absolute Gasteiger partial charge is 0.374 e. The van der Waals surface area contributed by atoms with Crippen molar-refractivity contribution >= 4 is 0 Å². The van der Waals surface area contributed by atoms with Gasteiger partial charge in [-0.15, -0.1) is 0 Å². The van der Waals surface area contributed by atoms with E-state index in [9.17, 15) is 8.78 Å². The van der Waals surface area contributed by atoms with Gasteiger partial charge in [-0.1, -0.05) is 13.0 Å². The highest BCUT2D eigenvalue weighted by Crippen LogP contribution is 2.27. The van der Waals surface area contributed by atoms with Crippen molar-refractivity contribution in [2.75, 3.05) is 33.3 Å². The van der Waals surface area contributed by atoms with Crippen LogP contribution in [0.5, 0.6) is 0 Å². The summed E-state index contributed by atoms with van der Waals surface area (Å²) in [6.07, 6.45) is 0.654. The molecule has 0 radical (unpaired) electrons. The number of nitrogens with zero attached hydrogens (tertiary/aromatic N) is 1. The number of benzene rings is 1. The molecule has 3 nitrogen and oxygen atoms in total. The van der Waals surface area contributed by atoms with E-state index in [2.05, 4.69) is 10.2 Å². The van der Waals surface area contributed by atoms with Crippen LogP contribution in [0.25, 0.3) is 0 Å². The lowest BCUT2D eigenvalue weighted by molar-refractivity contribution is -0.0403. The first kappa shape index (κ1) is 15.4. The molecule has 1 N–H and O–H groups in total. The number of morpholine rings is 1. The second-order valence-electron chi connectivity index (χ2n) is 5.24. The molecule has 0 spiro atoms. The summed E-state index contributed by atoms with van der Waals surface area (Å²) in [6, 6.07) is 3.52. The minimum Gasteiger partial charge on any atom is -0.374 e. The number of hydrogen-bond donors (Lipinski definition) is 1. The summed E-state index contributed by atoms with van der Waals surface area (Å²) in [5.74, 6) is -1.04. The Balaban J connectivity index is 2.26. The van der Waals surface area contributed by atoms with Gasteiger partial charge in [-0.25, -0.2) is 8.78 Å². The monoisotopic (exact) mass is 284 g/mol. The third kappa shape index (κ3) is 3.53. The normalized spacial score (nSPS) is 21.9. The molecule has 112 valence electrons. The molecule has 1 aliphatic heterocycles. The number of nitrogens with one attached hydrogen (secondary N) is 1. The highest BCUT2D eigenvalue weighted by atomic mass is 19.1. The third-order valence-corrected chi connectivity index (χ3v) is 3.59. The number of rotatable bonds is 5. The summed E-state index contributed by atoms with van der Waals surface area (Å²) < 4.78 is 33.8. The van der Waals surface area contributed by atoms with Crippen molar-refractivity contribution in [2.45, 2.75) is 25.5 Å². The highest BCUT2D eigenvalue weighted by molar-refractivity contribution is 5.24. The maximum atomic E-state index is 14.0. The Kier molecular flexibility index (Phi) is 5.46. The van der Waals surface area contributed by atoms with Crippen molar-refractivity contribution in [3.05, 3.63) is 35.4 Å². The summed E-state index contributed by atoms with van der Waals surface area (Å²) in [5, 5.41) is 3.23. The molecular formula is C15H22F2N2O. The number of halogens is 2. The van der Waals surface area contributed by atoms with Crippen LogP contribution < -0.4 is 5.32 Å². The van der Waals surface area contributed by atoms with E-state index in [-0.39, 0.29) is 11.7 Å². The second kappa shape index (κ2) is 7.11. The van der Waals surface area contributed by atoms with Crippen LogP contribution in [0.3, 0.4) is 0 Å². The minimum absolute atomic E-state index is 0.0845. The van der Waals surface area contributed by atoms with E-state index in [4.69, 9.17) is 4.74 Å². The van der Waals surface area contributed by atoms with E-state index < -0.39 is 17.7 Å². The maximum absolute atomic E-state index is 14.0. The summed E-state index contributed by atoms with van der Waals surface area (Å²) >= 11 is 0. The molecule has 0 amide bonds. The van der Waals surface area contributed by atoms with Gasteiger partial charge in [0, 0.05) is 18.7 Å². The lowest BCUT2D eigenvalue weighted by atomic mass is 9.98. The first-order valence-corrected chi connectivity index (χ1v) is 7.11. The molecule has 0 aliphatic carbocycles.